The van der Waals surface area contributed by atoms with Crippen LogP contribution in [0.5, 0.6) is 5.75 Å². The van der Waals surface area contributed by atoms with Crippen molar-refractivity contribution in [2.75, 3.05) is 0 Å². The Labute approximate surface area is 174 Å². The highest BCUT2D eigenvalue weighted by Gasteiger charge is 2.22. The van der Waals surface area contributed by atoms with Gasteiger partial charge in [-0.25, -0.2) is 4.98 Å². The van der Waals surface area contributed by atoms with E-state index < -0.39 is 5.43 Å². The van der Waals surface area contributed by atoms with Crippen molar-refractivity contribution in [1.82, 2.24) is 19.9 Å². The lowest BCUT2D eigenvalue weighted by Crippen LogP contribution is -2.31. The van der Waals surface area contributed by atoms with Crippen LogP contribution in [0.15, 0.2) is 90.1 Å². The van der Waals surface area contributed by atoms with Crippen LogP contribution in [0.25, 0.3) is 11.5 Å². The lowest BCUT2D eigenvalue weighted by Gasteiger charge is -2.28. The fourth-order valence-electron chi connectivity index (χ4n) is 3.66. The van der Waals surface area contributed by atoms with Gasteiger partial charge in [-0.1, -0.05) is 67.6 Å². The van der Waals surface area contributed by atoms with E-state index in [0.717, 1.165) is 17.5 Å². The normalized spacial score (nSPS) is 12.2. The van der Waals surface area contributed by atoms with Gasteiger partial charge in [-0.3, -0.25) is 10.1 Å². The van der Waals surface area contributed by atoms with Gasteiger partial charge in [-0.15, -0.1) is 0 Å². The zero-order valence-electron chi connectivity index (χ0n) is 16.7. The fraction of sp³-hybridized carbons (Fsp3) is 0.167. The highest BCUT2D eigenvalue weighted by atomic mass is 16.3. The summed E-state index contributed by atoms with van der Waals surface area (Å²) in [6.07, 6.45) is 5.70. The Balaban J connectivity index is 1.73. The van der Waals surface area contributed by atoms with Crippen LogP contribution >= 0.6 is 0 Å². The third-order valence-electron chi connectivity index (χ3n) is 5.17. The molecule has 0 amide bonds. The molecule has 2 aromatic heterocycles. The number of pyridine rings is 1. The first-order valence-electron chi connectivity index (χ1n) is 9.98. The second-order valence-corrected chi connectivity index (χ2v) is 7.07. The van der Waals surface area contributed by atoms with E-state index in [4.69, 9.17) is 0 Å². The van der Waals surface area contributed by atoms with E-state index in [-0.39, 0.29) is 18.0 Å². The summed E-state index contributed by atoms with van der Waals surface area (Å²) in [5, 5.41) is 14.0. The van der Waals surface area contributed by atoms with Crippen molar-refractivity contribution < 1.29 is 5.11 Å². The standard InChI is InChI=1S/C24H24N4O2/c1-2-20(28-16-15-26-24(28)22-23(30)19(29)13-14-25-22)27-21(17-9-5-3-6-10-17)18-11-7-4-8-12-18/h3-16,20-21,27,30H,2H2,1H3,(H,25,29). The average Bonchev–Trinajstić information content (AvgIpc) is 3.27. The lowest BCUT2D eigenvalue weighted by molar-refractivity contribution is 0.366. The maximum absolute atomic E-state index is 11.9. The highest BCUT2D eigenvalue weighted by Crippen LogP contribution is 2.29. The first-order valence-corrected chi connectivity index (χ1v) is 9.98. The molecule has 1 unspecified atom stereocenters. The lowest BCUT2D eigenvalue weighted by atomic mass is 9.98. The number of benzene rings is 2. The SMILES string of the molecule is CCC(NC(c1ccccc1)c1ccccc1)n1ccnc1-c1[nH]ccc(=O)c1O. The molecule has 0 bridgehead atoms. The molecule has 0 spiro atoms. The molecule has 6 nitrogen and oxygen atoms in total. The monoisotopic (exact) mass is 400 g/mol. The van der Waals surface area contributed by atoms with E-state index in [1.165, 1.54) is 12.3 Å². The molecule has 2 aromatic carbocycles. The van der Waals surface area contributed by atoms with Crippen molar-refractivity contribution in [3.63, 3.8) is 0 Å². The summed E-state index contributed by atoms with van der Waals surface area (Å²) in [5.41, 5.74) is 2.18. The van der Waals surface area contributed by atoms with Gasteiger partial charge in [-0.2, -0.15) is 0 Å². The molecule has 0 aliphatic heterocycles. The van der Waals surface area contributed by atoms with Crippen LogP contribution in [0.4, 0.5) is 0 Å². The van der Waals surface area contributed by atoms with Crippen molar-refractivity contribution in [2.45, 2.75) is 25.6 Å². The van der Waals surface area contributed by atoms with E-state index >= 15 is 0 Å². The summed E-state index contributed by atoms with van der Waals surface area (Å²) < 4.78 is 1.95. The number of aromatic amines is 1. The van der Waals surface area contributed by atoms with E-state index in [2.05, 4.69) is 46.5 Å². The number of nitrogens with zero attached hydrogens (tertiary/aromatic N) is 2. The minimum absolute atomic E-state index is 0.0315. The summed E-state index contributed by atoms with van der Waals surface area (Å²) >= 11 is 0. The summed E-state index contributed by atoms with van der Waals surface area (Å²) in [6, 6.07) is 21.8. The molecule has 0 fully saturated rings. The predicted octanol–water partition coefficient (Wildman–Crippen LogP) is 4.23. The highest BCUT2D eigenvalue weighted by molar-refractivity contribution is 5.58. The molecule has 0 aliphatic rings. The molecule has 2 heterocycles. The second-order valence-electron chi connectivity index (χ2n) is 7.07. The molecule has 0 radical (unpaired) electrons. The molecule has 4 rings (SSSR count). The van der Waals surface area contributed by atoms with Crippen molar-refractivity contribution >= 4 is 0 Å². The van der Waals surface area contributed by atoms with Gasteiger partial charge in [0.15, 0.2) is 11.6 Å². The number of imidazole rings is 1. The van der Waals surface area contributed by atoms with Crippen molar-refractivity contribution in [3.05, 3.63) is 107 Å². The van der Waals surface area contributed by atoms with Gasteiger partial charge < -0.3 is 14.7 Å². The number of aromatic nitrogens is 3. The van der Waals surface area contributed by atoms with Crippen molar-refractivity contribution in [1.29, 1.82) is 0 Å². The molecule has 3 N–H and O–H groups in total. The van der Waals surface area contributed by atoms with Gasteiger partial charge >= 0.3 is 0 Å². The second kappa shape index (κ2) is 8.80. The molecule has 0 saturated carbocycles. The topological polar surface area (TPSA) is 82.9 Å². The Kier molecular flexibility index (Phi) is 5.77. The number of hydrogen-bond acceptors (Lipinski definition) is 4. The van der Waals surface area contributed by atoms with E-state index in [1.54, 1.807) is 6.20 Å². The largest absolute Gasteiger partial charge is 0.503 e. The van der Waals surface area contributed by atoms with Gasteiger partial charge in [0.1, 0.15) is 5.69 Å². The van der Waals surface area contributed by atoms with Crippen molar-refractivity contribution in [2.24, 2.45) is 0 Å². The number of rotatable bonds is 7. The zero-order valence-corrected chi connectivity index (χ0v) is 16.7. The number of hydrogen-bond donors (Lipinski definition) is 3. The summed E-state index contributed by atoms with van der Waals surface area (Å²) in [5.74, 6) is 0.173. The molecule has 1 atom stereocenters. The van der Waals surface area contributed by atoms with Crippen LogP contribution in [0.1, 0.15) is 36.7 Å². The van der Waals surface area contributed by atoms with Crippen molar-refractivity contribution in [3.8, 4) is 17.3 Å². The van der Waals surface area contributed by atoms with E-state index in [1.807, 2.05) is 47.2 Å². The van der Waals surface area contributed by atoms with Gasteiger partial charge in [-0.05, 0) is 17.5 Å². The fourth-order valence-corrected chi connectivity index (χ4v) is 3.66. The maximum Gasteiger partial charge on any atom is 0.223 e. The first-order chi connectivity index (χ1) is 14.7. The van der Waals surface area contributed by atoms with Gasteiger partial charge in [0.05, 0.1) is 12.2 Å². The zero-order chi connectivity index (χ0) is 20.9. The molecule has 0 saturated heterocycles. The first kappa shape index (κ1) is 19.7. The molecular formula is C24H24N4O2. The van der Waals surface area contributed by atoms with Gasteiger partial charge in [0, 0.05) is 24.7 Å². The third kappa shape index (κ3) is 3.90. The van der Waals surface area contributed by atoms with Gasteiger partial charge in [0.2, 0.25) is 5.43 Å². The number of H-pyrrole nitrogens is 1. The van der Waals surface area contributed by atoms with Crippen LogP contribution in [0.3, 0.4) is 0 Å². The smallest absolute Gasteiger partial charge is 0.223 e. The molecule has 152 valence electrons. The Morgan fingerprint density at radius 1 is 1.03 bits per heavy atom. The molecule has 4 aromatic rings. The Morgan fingerprint density at radius 3 is 2.27 bits per heavy atom. The summed E-state index contributed by atoms with van der Waals surface area (Å²) in [4.78, 5) is 19.3. The summed E-state index contributed by atoms with van der Waals surface area (Å²) in [6.45, 7) is 2.09. The molecule has 6 heteroatoms. The average molecular weight is 400 g/mol. The number of nitrogens with one attached hydrogen (secondary N) is 2. The Morgan fingerprint density at radius 2 is 1.67 bits per heavy atom. The molecule has 0 aliphatic carbocycles. The minimum atomic E-state index is -0.439. The maximum atomic E-state index is 11.9. The predicted molar refractivity (Wildman–Crippen MR) is 117 cm³/mol. The minimum Gasteiger partial charge on any atom is -0.503 e. The van der Waals surface area contributed by atoms with E-state index in [0.29, 0.717) is 11.5 Å². The Bertz CT molecular complexity index is 1110. The third-order valence-corrected chi connectivity index (χ3v) is 5.17. The van der Waals surface area contributed by atoms with Crippen LogP contribution in [-0.4, -0.2) is 19.6 Å². The Hall–Kier alpha value is -3.64. The van der Waals surface area contributed by atoms with Crippen LogP contribution in [0, 0.1) is 0 Å². The number of aromatic hydroxyl groups is 1. The molecule has 30 heavy (non-hydrogen) atoms. The van der Waals surface area contributed by atoms with E-state index in [9.17, 15) is 9.90 Å². The van der Waals surface area contributed by atoms with Crippen LogP contribution in [0.2, 0.25) is 0 Å². The molecular weight excluding hydrogens is 376 g/mol. The van der Waals surface area contributed by atoms with Crippen LogP contribution in [-0.2, 0) is 0 Å². The van der Waals surface area contributed by atoms with Crippen LogP contribution < -0.4 is 10.7 Å². The quantitative estimate of drug-likeness (QED) is 0.433. The van der Waals surface area contributed by atoms with Gasteiger partial charge in [0.25, 0.3) is 0 Å². The summed E-state index contributed by atoms with van der Waals surface area (Å²) in [7, 11) is 0.